The first kappa shape index (κ1) is 18.6. The van der Waals surface area contributed by atoms with Crippen molar-refractivity contribution < 1.29 is 0 Å². The van der Waals surface area contributed by atoms with Gasteiger partial charge in [-0.2, -0.15) is 0 Å². The minimum atomic E-state index is 0.00291. The highest BCUT2D eigenvalue weighted by molar-refractivity contribution is 6.30. The van der Waals surface area contributed by atoms with Crippen LogP contribution in [0.3, 0.4) is 0 Å². The lowest BCUT2D eigenvalue weighted by atomic mass is 10.2. The van der Waals surface area contributed by atoms with Gasteiger partial charge in [0, 0.05) is 24.2 Å². The van der Waals surface area contributed by atoms with Gasteiger partial charge in [0.25, 0.3) is 0 Å². The lowest BCUT2D eigenvalue weighted by Gasteiger charge is -2.14. The SMILES string of the molecule is CCC(CN=C1NC(=NC(C)NC)Cc2cc(Cl)cnc2N1)NC. The van der Waals surface area contributed by atoms with Gasteiger partial charge in [-0.1, -0.05) is 18.5 Å². The van der Waals surface area contributed by atoms with Crippen LogP contribution < -0.4 is 21.3 Å². The standard InChI is InChI=1S/C16H26ClN7/c1-5-13(19-4)9-21-16-23-14(22-10(2)18-3)7-11-6-12(17)8-20-15(11)24-16/h6,8,10,13,18-19H,5,7,9H2,1-4H3,(H2,20,21,22,23,24). The first-order valence-corrected chi connectivity index (χ1v) is 8.57. The van der Waals surface area contributed by atoms with E-state index in [2.05, 4.69) is 43.2 Å². The number of hydrogen-bond donors (Lipinski definition) is 4. The van der Waals surface area contributed by atoms with Crippen LogP contribution in [0.25, 0.3) is 0 Å². The van der Waals surface area contributed by atoms with E-state index < -0.39 is 0 Å². The predicted octanol–water partition coefficient (Wildman–Crippen LogP) is 1.61. The molecule has 0 fully saturated rings. The quantitative estimate of drug-likeness (QED) is 0.625. The third-order valence-electron chi connectivity index (χ3n) is 3.93. The Balaban J connectivity index is 2.30. The van der Waals surface area contributed by atoms with Crippen molar-refractivity contribution in [3.05, 3.63) is 22.8 Å². The molecule has 0 spiro atoms. The second kappa shape index (κ2) is 8.96. The van der Waals surface area contributed by atoms with Crippen LogP contribution in [0.15, 0.2) is 22.2 Å². The molecule has 0 radical (unpaired) electrons. The third-order valence-corrected chi connectivity index (χ3v) is 4.14. The van der Waals surface area contributed by atoms with Crippen molar-refractivity contribution >= 4 is 29.2 Å². The summed E-state index contributed by atoms with van der Waals surface area (Å²) in [4.78, 5) is 13.7. The van der Waals surface area contributed by atoms with Crippen molar-refractivity contribution in [3.8, 4) is 0 Å². The molecule has 0 bridgehead atoms. The molecule has 0 amide bonds. The second-order valence-electron chi connectivity index (χ2n) is 5.71. The number of nitrogens with zero attached hydrogens (tertiary/aromatic N) is 3. The van der Waals surface area contributed by atoms with E-state index in [1.54, 1.807) is 6.20 Å². The zero-order chi connectivity index (χ0) is 17.5. The summed E-state index contributed by atoms with van der Waals surface area (Å²) < 4.78 is 0. The molecular weight excluding hydrogens is 326 g/mol. The van der Waals surface area contributed by atoms with Crippen molar-refractivity contribution in [3.63, 3.8) is 0 Å². The molecule has 1 aliphatic heterocycles. The normalized spacial score (nSPS) is 20.0. The lowest BCUT2D eigenvalue weighted by molar-refractivity contribution is 0.556. The Morgan fingerprint density at radius 2 is 2.12 bits per heavy atom. The predicted molar refractivity (Wildman–Crippen MR) is 101 cm³/mol. The van der Waals surface area contributed by atoms with E-state index in [0.29, 0.717) is 30.0 Å². The molecule has 0 saturated heterocycles. The smallest absolute Gasteiger partial charge is 0.202 e. The number of amidine groups is 1. The maximum absolute atomic E-state index is 6.09. The van der Waals surface area contributed by atoms with E-state index >= 15 is 0 Å². The molecule has 2 atom stereocenters. The summed E-state index contributed by atoms with van der Waals surface area (Å²) in [7, 11) is 3.83. The number of anilines is 1. The fraction of sp³-hybridized carbons (Fsp3) is 0.562. The van der Waals surface area contributed by atoms with Gasteiger partial charge < -0.3 is 16.0 Å². The van der Waals surface area contributed by atoms with E-state index in [9.17, 15) is 0 Å². The Kier molecular flexibility index (Phi) is 6.96. The number of hydrogen-bond acceptors (Lipinski definition) is 5. The molecule has 0 aliphatic carbocycles. The van der Waals surface area contributed by atoms with E-state index in [1.165, 1.54) is 0 Å². The topological polar surface area (TPSA) is 85.7 Å². The number of rotatable bonds is 6. The van der Waals surface area contributed by atoms with Gasteiger partial charge in [-0.3, -0.25) is 15.3 Å². The number of aliphatic imine (C=N–C) groups is 2. The minimum Gasteiger partial charge on any atom is -0.315 e. The third kappa shape index (κ3) is 5.15. The highest BCUT2D eigenvalue weighted by atomic mass is 35.5. The van der Waals surface area contributed by atoms with Crippen molar-refractivity contribution in [2.24, 2.45) is 9.98 Å². The maximum atomic E-state index is 6.09. The van der Waals surface area contributed by atoms with Crippen LogP contribution in [0.4, 0.5) is 5.82 Å². The molecular formula is C16H26ClN7. The largest absolute Gasteiger partial charge is 0.315 e. The van der Waals surface area contributed by atoms with Crippen LogP contribution >= 0.6 is 11.6 Å². The Labute approximate surface area is 148 Å². The van der Waals surface area contributed by atoms with Crippen LogP contribution in [-0.2, 0) is 6.42 Å². The molecule has 24 heavy (non-hydrogen) atoms. The lowest BCUT2D eigenvalue weighted by Crippen LogP contribution is -2.38. The van der Waals surface area contributed by atoms with E-state index in [1.807, 2.05) is 27.1 Å². The number of halogens is 1. The molecule has 0 saturated carbocycles. The maximum Gasteiger partial charge on any atom is 0.202 e. The van der Waals surface area contributed by atoms with Gasteiger partial charge in [0.05, 0.1) is 17.7 Å². The molecule has 1 aliphatic rings. The van der Waals surface area contributed by atoms with Crippen molar-refractivity contribution in [2.45, 2.75) is 38.9 Å². The minimum absolute atomic E-state index is 0.00291. The number of fused-ring (bicyclic) bond motifs is 1. The Morgan fingerprint density at radius 1 is 1.33 bits per heavy atom. The Morgan fingerprint density at radius 3 is 2.79 bits per heavy atom. The van der Waals surface area contributed by atoms with Gasteiger partial charge >= 0.3 is 0 Å². The molecule has 132 valence electrons. The summed E-state index contributed by atoms with van der Waals surface area (Å²) >= 11 is 6.09. The first-order chi connectivity index (χ1) is 11.5. The summed E-state index contributed by atoms with van der Waals surface area (Å²) in [5.41, 5.74) is 0.989. The average Bonchev–Trinajstić information content (AvgIpc) is 2.73. The average molecular weight is 352 g/mol. The van der Waals surface area contributed by atoms with Crippen LogP contribution in [0.1, 0.15) is 25.8 Å². The molecule has 1 aromatic rings. The molecule has 7 nitrogen and oxygen atoms in total. The number of aromatic nitrogens is 1. The molecule has 2 unspecified atom stereocenters. The van der Waals surface area contributed by atoms with Crippen LogP contribution in [0.2, 0.25) is 5.02 Å². The fourth-order valence-electron chi connectivity index (χ4n) is 2.31. The Bertz CT molecular complexity index is 610. The summed E-state index contributed by atoms with van der Waals surface area (Å²) in [6, 6.07) is 2.24. The zero-order valence-corrected chi connectivity index (χ0v) is 15.4. The van der Waals surface area contributed by atoms with E-state index in [4.69, 9.17) is 11.6 Å². The molecule has 0 aromatic carbocycles. The van der Waals surface area contributed by atoms with Gasteiger partial charge in [0.15, 0.2) is 0 Å². The van der Waals surface area contributed by atoms with Crippen LogP contribution in [0, 0.1) is 0 Å². The number of nitrogens with one attached hydrogen (secondary N) is 4. The van der Waals surface area contributed by atoms with Gasteiger partial charge in [-0.05, 0) is 33.5 Å². The number of guanidine groups is 1. The van der Waals surface area contributed by atoms with Gasteiger partial charge in [-0.15, -0.1) is 0 Å². The number of likely N-dealkylation sites (N-methyl/N-ethyl adjacent to an activating group) is 1. The van der Waals surface area contributed by atoms with Crippen molar-refractivity contribution in [1.82, 2.24) is 20.9 Å². The van der Waals surface area contributed by atoms with Crippen LogP contribution in [0.5, 0.6) is 0 Å². The summed E-state index contributed by atoms with van der Waals surface area (Å²) in [5, 5.41) is 13.5. The van der Waals surface area contributed by atoms with Crippen molar-refractivity contribution in [2.75, 3.05) is 26.0 Å². The summed E-state index contributed by atoms with van der Waals surface area (Å²) in [6.45, 7) is 4.80. The summed E-state index contributed by atoms with van der Waals surface area (Å²) in [6.07, 6.45) is 3.26. The monoisotopic (exact) mass is 351 g/mol. The first-order valence-electron chi connectivity index (χ1n) is 8.19. The molecule has 8 heteroatoms. The fourth-order valence-corrected chi connectivity index (χ4v) is 2.49. The Hall–Kier alpha value is -1.70. The van der Waals surface area contributed by atoms with Gasteiger partial charge in [0.2, 0.25) is 5.96 Å². The van der Waals surface area contributed by atoms with Gasteiger partial charge in [0.1, 0.15) is 11.7 Å². The van der Waals surface area contributed by atoms with Gasteiger partial charge in [-0.25, -0.2) is 4.98 Å². The molecule has 2 heterocycles. The highest BCUT2D eigenvalue weighted by Gasteiger charge is 2.18. The molecule has 2 rings (SSSR count). The second-order valence-corrected chi connectivity index (χ2v) is 6.15. The number of pyridine rings is 1. The molecule has 4 N–H and O–H groups in total. The highest BCUT2D eigenvalue weighted by Crippen LogP contribution is 2.20. The van der Waals surface area contributed by atoms with Crippen molar-refractivity contribution in [1.29, 1.82) is 0 Å². The van der Waals surface area contributed by atoms with Crippen LogP contribution in [-0.4, -0.2) is 49.6 Å². The molecule has 1 aromatic heterocycles. The van der Waals surface area contributed by atoms with E-state index in [-0.39, 0.29) is 6.17 Å². The van der Waals surface area contributed by atoms with E-state index in [0.717, 1.165) is 23.6 Å². The zero-order valence-electron chi connectivity index (χ0n) is 14.7. The summed E-state index contributed by atoms with van der Waals surface area (Å²) in [5.74, 6) is 2.23.